The molecular formula is C12H18N4O2. The predicted octanol–water partition coefficient (Wildman–Crippen LogP) is 1.05. The fraction of sp³-hybridized carbons (Fsp3) is 0.583. The third-order valence-corrected chi connectivity index (χ3v) is 3.28. The number of likely N-dealkylation sites (tertiary alicyclic amines) is 1. The van der Waals surface area contributed by atoms with Crippen LogP contribution in [0.15, 0.2) is 11.2 Å². The Bertz CT molecular complexity index is 468. The summed E-state index contributed by atoms with van der Waals surface area (Å²) < 4.78 is 1.64. The highest BCUT2D eigenvalue weighted by Gasteiger charge is 2.23. The predicted molar refractivity (Wildman–Crippen MR) is 66.9 cm³/mol. The smallest absolute Gasteiger partial charge is 0.272 e. The number of amides is 1. The highest BCUT2D eigenvalue weighted by molar-refractivity contribution is 5.94. The van der Waals surface area contributed by atoms with Gasteiger partial charge in [0, 0.05) is 33.0 Å². The number of aryl methyl sites for hydroxylation is 2. The van der Waals surface area contributed by atoms with Gasteiger partial charge in [-0.3, -0.25) is 9.48 Å². The lowest BCUT2D eigenvalue weighted by molar-refractivity contribution is 0.0742. The standard InChI is InChI=1S/C12H18N4O2/c1-3-9-8-11(15(2)13-9)12(17)16-6-4-10(14-18)5-7-16/h8,18H,3-7H2,1-2H3. The van der Waals surface area contributed by atoms with E-state index in [1.54, 1.807) is 16.6 Å². The second kappa shape index (κ2) is 5.20. The van der Waals surface area contributed by atoms with Crippen molar-refractivity contribution >= 4 is 11.6 Å². The van der Waals surface area contributed by atoms with Gasteiger partial charge in [-0.2, -0.15) is 5.10 Å². The van der Waals surface area contributed by atoms with Crippen LogP contribution in [0.25, 0.3) is 0 Å². The largest absolute Gasteiger partial charge is 0.411 e. The van der Waals surface area contributed by atoms with Crippen LogP contribution in [-0.2, 0) is 13.5 Å². The number of carbonyl (C=O) groups is 1. The van der Waals surface area contributed by atoms with Gasteiger partial charge in [0.05, 0.1) is 11.4 Å². The molecule has 2 rings (SSSR count). The third kappa shape index (κ3) is 2.37. The first-order chi connectivity index (χ1) is 8.65. The quantitative estimate of drug-likeness (QED) is 0.630. The minimum absolute atomic E-state index is 0.00156. The zero-order valence-corrected chi connectivity index (χ0v) is 10.8. The van der Waals surface area contributed by atoms with Gasteiger partial charge in [-0.05, 0) is 12.5 Å². The van der Waals surface area contributed by atoms with Gasteiger partial charge in [0.25, 0.3) is 5.91 Å². The summed E-state index contributed by atoms with van der Waals surface area (Å²) in [6.07, 6.45) is 2.10. The van der Waals surface area contributed by atoms with Crippen molar-refractivity contribution in [3.63, 3.8) is 0 Å². The van der Waals surface area contributed by atoms with Crippen LogP contribution in [0.1, 0.15) is 35.9 Å². The number of aromatic nitrogens is 2. The first kappa shape index (κ1) is 12.6. The maximum Gasteiger partial charge on any atom is 0.272 e. The van der Waals surface area contributed by atoms with Gasteiger partial charge >= 0.3 is 0 Å². The van der Waals surface area contributed by atoms with E-state index in [1.807, 2.05) is 13.0 Å². The number of oxime groups is 1. The van der Waals surface area contributed by atoms with E-state index in [9.17, 15) is 4.79 Å². The summed E-state index contributed by atoms with van der Waals surface area (Å²) in [4.78, 5) is 14.1. The van der Waals surface area contributed by atoms with Crippen molar-refractivity contribution < 1.29 is 10.0 Å². The van der Waals surface area contributed by atoms with Gasteiger partial charge < -0.3 is 10.1 Å². The monoisotopic (exact) mass is 250 g/mol. The third-order valence-electron chi connectivity index (χ3n) is 3.28. The van der Waals surface area contributed by atoms with Crippen molar-refractivity contribution in [1.29, 1.82) is 0 Å². The number of hydrogen-bond donors (Lipinski definition) is 1. The lowest BCUT2D eigenvalue weighted by Gasteiger charge is -2.27. The Hall–Kier alpha value is -1.85. The normalized spacial score (nSPS) is 15.9. The highest BCUT2D eigenvalue weighted by atomic mass is 16.4. The zero-order chi connectivity index (χ0) is 13.1. The van der Waals surface area contributed by atoms with Crippen LogP contribution in [0.4, 0.5) is 0 Å². The van der Waals surface area contributed by atoms with E-state index in [4.69, 9.17) is 5.21 Å². The molecule has 0 aliphatic carbocycles. The van der Waals surface area contributed by atoms with Gasteiger partial charge in [-0.1, -0.05) is 12.1 Å². The molecule has 1 amide bonds. The van der Waals surface area contributed by atoms with E-state index in [1.165, 1.54) is 0 Å². The molecule has 18 heavy (non-hydrogen) atoms. The molecule has 0 spiro atoms. The molecule has 2 heterocycles. The Morgan fingerprint density at radius 2 is 2.17 bits per heavy atom. The summed E-state index contributed by atoms with van der Waals surface area (Å²) in [7, 11) is 1.79. The lowest BCUT2D eigenvalue weighted by Crippen LogP contribution is -2.39. The SMILES string of the molecule is CCc1cc(C(=O)N2CCC(=NO)CC2)n(C)n1. The van der Waals surface area contributed by atoms with E-state index in [-0.39, 0.29) is 5.91 Å². The maximum absolute atomic E-state index is 12.3. The Morgan fingerprint density at radius 1 is 1.50 bits per heavy atom. The van der Waals surface area contributed by atoms with Gasteiger partial charge in [-0.25, -0.2) is 0 Å². The fourth-order valence-electron chi connectivity index (χ4n) is 2.13. The summed E-state index contributed by atoms with van der Waals surface area (Å²) in [5.74, 6) is 0.00156. The molecule has 1 aromatic rings. The van der Waals surface area contributed by atoms with Crippen molar-refractivity contribution in [3.05, 3.63) is 17.5 Å². The molecule has 0 saturated carbocycles. The van der Waals surface area contributed by atoms with Crippen LogP contribution in [0.2, 0.25) is 0 Å². The number of carbonyl (C=O) groups excluding carboxylic acids is 1. The molecule has 0 atom stereocenters. The maximum atomic E-state index is 12.3. The summed E-state index contributed by atoms with van der Waals surface area (Å²) >= 11 is 0. The molecule has 0 aromatic carbocycles. The second-order valence-corrected chi connectivity index (χ2v) is 4.46. The molecule has 1 N–H and O–H groups in total. The van der Waals surface area contributed by atoms with Gasteiger partial charge in [-0.15, -0.1) is 0 Å². The molecule has 1 fully saturated rings. The molecule has 0 bridgehead atoms. The summed E-state index contributed by atoms with van der Waals surface area (Å²) in [6.45, 7) is 3.22. The molecule has 6 heteroatoms. The Kier molecular flexibility index (Phi) is 3.64. The average Bonchev–Trinajstić information content (AvgIpc) is 2.79. The van der Waals surface area contributed by atoms with Crippen LogP contribution >= 0.6 is 0 Å². The summed E-state index contributed by atoms with van der Waals surface area (Å²) in [5, 5.41) is 16.2. The first-order valence-electron chi connectivity index (χ1n) is 6.17. The van der Waals surface area contributed by atoms with Gasteiger partial charge in [0.2, 0.25) is 0 Å². The molecule has 1 aromatic heterocycles. The lowest BCUT2D eigenvalue weighted by atomic mass is 10.1. The summed E-state index contributed by atoms with van der Waals surface area (Å²) in [6, 6.07) is 1.85. The Balaban J connectivity index is 2.09. The van der Waals surface area contributed by atoms with E-state index in [0.29, 0.717) is 31.6 Å². The Labute approximate surface area is 106 Å². The van der Waals surface area contributed by atoms with E-state index >= 15 is 0 Å². The molecule has 1 aliphatic rings. The molecule has 0 radical (unpaired) electrons. The fourth-order valence-corrected chi connectivity index (χ4v) is 2.13. The van der Waals surface area contributed by atoms with E-state index in [2.05, 4.69) is 10.3 Å². The molecule has 6 nitrogen and oxygen atoms in total. The van der Waals surface area contributed by atoms with E-state index in [0.717, 1.165) is 17.8 Å². The van der Waals surface area contributed by atoms with Gasteiger partial charge in [0.15, 0.2) is 0 Å². The number of piperidine rings is 1. The minimum atomic E-state index is 0.00156. The van der Waals surface area contributed by atoms with Crippen molar-refractivity contribution in [1.82, 2.24) is 14.7 Å². The second-order valence-electron chi connectivity index (χ2n) is 4.46. The Morgan fingerprint density at radius 3 is 2.67 bits per heavy atom. The van der Waals surface area contributed by atoms with Crippen molar-refractivity contribution in [2.24, 2.45) is 12.2 Å². The molecule has 1 aliphatic heterocycles. The topological polar surface area (TPSA) is 70.7 Å². The summed E-state index contributed by atoms with van der Waals surface area (Å²) in [5.41, 5.74) is 2.31. The van der Waals surface area contributed by atoms with Crippen molar-refractivity contribution in [2.45, 2.75) is 26.2 Å². The number of nitrogens with zero attached hydrogens (tertiary/aromatic N) is 4. The van der Waals surface area contributed by atoms with Crippen LogP contribution in [0.3, 0.4) is 0 Å². The molecule has 1 saturated heterocycles. The number of rotatable bonds is 2. The number of hydrogen-bond acceptors (Lipinski definition) is 4. The van der Waals surface area contributed by atoms with Crippen LogP contribution < -0.4 is 0 Å². The van der Waals surface area contributed by atoms with E-state index < -0.39 is 0 Å². The minimum Gasteiger partial charge on any atom is -0.411 e. The molecular weight excluding hydrogens is 232 g/mol. The first-order valence-corrected chi connectivity index (χ1v) is 6.17. The van der Waals surface area contributed by atoms with Gasteiger partial charge in [0.1, 0.15) is 5.69 Å². The van der Waals surface area contributed by atoms with Crippen molar-refractivity contribution in [2.75, 3.05) is 13.1 Å². The molecule has 0 unspecified atom stereocenters. The highest BCUT2D eigenvalue weighted by Crippen LogP contribution is 2.13. The van der Waals surface area contributed by atoms with Crippen molar-refractivity contribution in [3.8, 4) is 0 Å². The van der Waals surface area contributed by atoms with Crippen LogP contribution in [-0.4, -0.2) is 44.6 Å². The molecule has 98 valence electrons. The zero-order valence-electron chi connectivity index (χ0n) is 10.8. The average molecular weight is 250 g/mol. The van der Waals surface area contributed by atoms with Crippen LogP contribution in [0.5, 0.6) is 0 Å². The van der Waals surface area contributed by atoms with Crippen LogP contribution in [0, 0.1) is 0 Å².